The fourth-order valence-electron chi connectivity index (χ4n) is 4.14. The molecule has 6 nitrogen and oxygen atoms in total. The second kappa shape index (κ2) is 10.1. The summed E-state index contributed by atoms with van der Waals surface area (Å²) >= 11 is 0. The summed E-state index contributed by atoms with van der Waals surface area (Å²) in [6.45, 7) is 7.13. The second-order valence-electron chi connectivity index (χ2n) is 9.43. The molecule has 1 aliphatic heterocycles. The van der Waals surface area contributed by atoms with Gasteiger partial charge in [0.25, 0.3) is 0 Å². The average Bonchev–Trinajstić information content (AvgIpc) is 2.82. The van der Waals surface area contributed by atoms with Gasteiger partial charge in [-0.1, -0.05) is 36.4 Å². The predicted octanol–water partition coefficient (Wildman–Crippen LogP) is 5.48. The lowest BCUT2D eigenvalue weighted by Crippen LogP contribution is -2.32. The van der Waals surface area contributed by atoms with Crippen LogP contribution in [0, 0.1) is 5.82 Å². The molecule has 0 saturated carbocycles. The number of hydrogen-bond acceptors (Lipinski definition) is 6. The van der Waals surface area contributed by atoms with E-state index in [0.29, 0.717) is 47.7 Å². The SMILES string of the molecule is COC(=O)c1ccc2c(c1)OCCN2Cc1ccc(-c2ccccc2C(O)OC(C)(C)C)c(F)c1. The van der Waals surface area contributed by atoms with Crippen molar-refractivity contribution in [3.05, 3.63) is 83.2 Å². The van der Waals surface area contributed by atoms with Crippen LogP contribution in [0.25, 0.3) is 11.1 Å². The minimum absolute atomic E-state index is 0.382. The number of ether oxygens (including phenoxy) is 3. The van der Waals surface area contributed by atoms with Gasteiger partial charge in [0, 0.05) is 17.7 Å². The number of methoxy groups -OCH3 is 1. The number of rotatable bonds is 6. The van der Waals surface area contributed by atoms with Crippen LogP contribution in [0.3, 0.4) is 0 Å². The summed E-state index contributed by atoms with van der Waals surface area (Å²) in [7, 11) is 1.34. The number of carbonyl (C=O) groups is 1. The molecule has 3 aromatic rings. The number of esters is 1. The summed E-state index contributed by atoms with van der Waals surface area (Å²) in [5, 5.41) is 10.6. The van der Waals surface area contributed by atoms with E-state index in [4.69, 9.17) is 14.2 Å². The van der Waals surface area contributed by atoms with Crippen LogP contribution in [0.1, 0.15) is 48.5 Å². The number of carbonyl (C=O) groups excluding carboxylic acids is 1. The minimum atomic E-state index is -1.18. The smallest absolute Gasteiger partial charge is 0.337 e. The summed E-state index contributed by atoms with van der Waals surface area (Å²) in [4.78, 5) is 13.9. The third-order valence-corrected chi connectivity index (χ3v) is 5.73. The molecule has 0 bridgehead atoms. The zero-order chi connectivity index (χ0) is 25.2. The van der Waals surface area contributed by atoms with Gasteiger partial charge in [0.05, 0.1) is 30.5 Å². The van der Waals surface area contributed by atoms with Crippen LogP contribution in [0.5, 0.6) is 5.75 Å². The zero-order valence-corrected chi connectivity index (χ0v) is 20.4. The van der Waals surface area contributed by atoms with Crippen molar-refractivity contribution in [2.75, 3.05) is 25.2 Å². The van der Waals surface area contributed by atoms with Crippen molar-refractivity contribution in [3.8, 4) is 16.9 Å². The van der Waals surface area contributed by atoms with E-state index in [1.165, 1.54) is 13.2 Å². The van der Waals surface area contributed by atoms with Gasteiger partial charge in [0.1, 0.15) is 18.2 Å². The van der Waals surface area contributed by atoms with Gasteiger partial charge >= 0.3 is 5.97 Å². The molecule has 35 heavy (non-hydrogen) atoms. The van der Waals surface area contributed by atoms with Crippen LogP contribution in [-0.2, 0) is 16.0 Å². The number of hydrogen-bond donors (Lipinski definition) is 1. The summed E-state index contributed by atoms with van der Waals surface area (Å²) < 4.78 is 31.6. The van der Waals surface area contributed by atoms with E-state index >= 15 is 4.39 Å². The maximum atomic E-state index is 15.3. The molecule has 7 heteroatoms. The number of aliphatic hydroxyl groups is 1. The molecule has 0 saturated heterocycles. The van der Waals surface area contributed by atoms with Crippen molar-refractivity contribution in [1.29, 1.82) is 0 Å². The van der Waals surface area contributed by atoms with Crippen molar-refractivity contribution >= 4 is 11.7 Å². The van der Waals surface area contributed by atoms with E-state index < -0.39 is 17.9 Å². The van der Waals surface area contributed by atoms with E-state index in [-0.39, 0.29) is 5.82 Å². The Bertz CT molecular complexity index is 1220. The Hall–Kier alpha value is -3.42. The summed E-state index contributed by atoms with van der Waals surface area (Å²) in [5.74, 6) is -0.213. The number of fused-ring (bicyclic) bond motifs is 1. The van der Waals surface area contributed by atoms with Crippen molar-refractivity contribution in [3.63, 3.8) is 0 Å². The summed E-state index contributed by atoms with van der Waals surface area (Å²) in [6.07, 6.45) is -1.18. The van der Waals surface area contributed by atoms with Gasteiger partial charge in [-0.15, -0.1) is 0 Å². The standard InChI is InChI=1S/C28H30FNO5/c1-28(2,3)35-27(32)22-8-6-5-7-20(22)21-11-9-18(15-23(21)29)17-30-13-14-34-25-16-19(26(31)33-4)10-12-24(25)30/h5-12,15-16,27,32H,13-14,17H2,1-4H3. The largest absolute Gasteiger partial charge is 0.490 e. The van der Waals surface area contributed by atoms with Gasteiger partial charge in [-0.3, -0.25) is 0 Å². The molecule has 0 fully saturated rings. The first-order valence-electron chi connectivity index (χ1n) is 11.5. The van der Waals surface area contributed by atoms with Crippen LogP contribution in [-0.4, -0.2) is 36.9 Å². The number of anilines is 1. The first kappa shape index (κ1) is 24.7. The predicted molar refractivity (Wildman–Crippen MR) is 132 cm³/mol. The molecule has 1 unspecified atom stereocenters. The van der Waals surface area contributed by atoms with Gasteiger partial charge in [-0.2, -0.15) is 0 Å². The van der Waals surface area contributed by atoms with Crippen molar-refractivity contribution < 1.29 is 28.5 Å². The Morgan fingerprint density at radius 1 is 1.11 bits per heavy atom. The maximum Gasteiger partial charge on any atom is 0.337 e. The van der Waals surface area contributed by atoms with Crippen LogP contribution in [0.4, 0.5) is 10.1 Å². The molecule has 0 aromatic heterocycles. The lowest BCUT2D eigenvalue weighted by molar-refractivity contribution is -0.169. The molecule has 1 heterocycles. The third kappa shape index (κ3) is 5.63. The molecule has 0 aliphatic carbocycles. The Morgan fingerprint density at radius 3 is 2.60 bits per heavy atom. The average molecular weight is 480 g/mol. The first-order valence-corrected chi connectivity index (χ1v) is 11.5. The topological polar surface area (TPSA) is 68.2 Å². The summed E-state index contributed by atoms with van der Waals surface area (Å²) in [6, 6.07) is 17.4. The Labute approximate surface area is 204 Å². The van der Waals surface area contributed by atoms with Gasteiger partial charge in [0.2, 0.25) is 0 Å². The third-order valence-electron chi connectivity index (χ3n) is 5.73. The van der Waals surface area contributed by atoms with Crippen molar-refractivity contribution in [2.24, 2.45) is 0 Å². The van der Waals surface area contributed by atoms with E-state index in [2.05, 4.69) is 4.90 Å². The fourth-order valence-corrected chi connectivity index (χ4v) is 4.14. The fraction of sp³-hybridized carbons (Fsp3) is 0.321. The zero-order valence-electron chi connectivity index (χ0n) is 20.4. The normalized spacial score (nSPS) is 14.2. The van der Waals surface area contributed by atoms with Crippen molar-refractivity contribution in [1.82, 2.24) is 0 Å². The van der Waals surface area contributed by atoms with Crippen LogP contribution >= 0.6 is 0 Å². The highest BCUT2D eigenvalue weighted by atomic mass is 19.1. The van der Waals surface area contributed by atoms with Crippen LogP contribution < -0.4 is 9.64 Å². The number of aliphatic hydroxyl groups excluding tert-OH is 1. The van der Waals surface area contributed by atoms with E-state index in [0.717, 1.165) is 11.3 Å². The molecule has 1 aliphatic rings. The lowest BCUT2D eigenvalue weighted by atomic mass is 9.97. The molecule has 4 rings (SSSR count). The lowest BCUT2D eigenvalue weighted by Gasteiger charge is -2.31. The molecule has 0 spiro atoms. The highest BCUT2D eigenvalue weighted by Crippen LogP contribution is 2.35. The van der Waals surface area contributed by atoms with Gasteiger partial charge < -0.3 is 24.2 Å². The first-order chi connectivity index (χ1) is 16.7. The summed E-state index contributed by atoms with van der Waals surface area (Å²) in [5.41, 5.74) is 2.98. The van der Waals surface area contributed by atoms with Crippen LogP contribution in [0.15, 0.2) is 60.7 Å². The minimum Gasteiger partial charge on any atom is -0.490 e. The molecular formula is C28H30FNO5. The molecule has 184 valence electrons. The quantitative estimate of drug-likeness (QED) is 0.373. The highest BCUT2D eigenvalue weighted by Gasteiger charge is 2.23. The maximum absolute atomic E-state index is 15.3. The monoisotopic (exact) mass is 479 g/mol. The number of nitrogens with zero attached hydrogens (tertiary/aromatic N) is 1. The number of halogens is 1. The van der Waals surface area contributed by atoms with Gasteiger partial charge in [-0.05, 0) is 56.2 Å². The molecule has 0 amide bonds. The van der Waals surface area contributed by atoms with E-state index in [1.807, 2.05) is 39.0 Å². The highest BCUT2D eigenvalue weighted by molar-refractivity contribution is 5.90. The molecule has 1 atom stereocenters. The van der Waals surface area contributed by atoms with Gasteiger partial charge in [0.15, 0.2) is 6.29 Å². The molecule has 1 N–H and O–H groups in total. The van der Waals surface area contributed by atoms with Gasteiger partial charge in [-0.25, -0.2) is 9.18 Å². The number of benzene rings is 3. The van der Waals surface area contributed by atoms with E-state index in [9.17, 15) is 9.90 Å². The van der Waals surface area contributed by atoms with E-state index in [1.54, 1.807) is 36.4 Å². The Kier molecular flexibility index (Phi) is 7.10. The molecule has 0 radical (unpaired) electrons. The second-order valence-corrected chi connectivity index (χ2v) is 9.43. The molecule has 3 aromatic carbocycles. The van der Waals surface area contributed by atoms with Crippen LogP contribution in [0.2, 0.25) is 0 Å². The molecular weight excluding hydrogens is 449 g/mol. The Morgan fingerprint density at radius 2 is 1.89 bits per heavy atom. The Balaban J connectivity index is 1.58. The van der Waals surface area contributed by atoms with Crippen molar-refractivity contribution in [2.45, 2.75) is 39.2 Å².